The number of carboxylic acid groups (broad SMARTS) is 1. The molecule has 2 unspecified atom stereocenters. The van der Waals surface area contributed by atoms with E-state index in [9.17, 15) is 9.59 Å². The molecule has 5 N–H and O–H groups in total. The molecule has 6 heteroatoms. The Morgan fingerprint density at radius 1 is 1.33 bits per heavy atom. The van der Waals surface area contributed by atoms with Gasteiger partial charge in [-0.1, -0.05) is 27.7 Å². The van der Waals surface area contributed by atoms with E-state index in [-0.39, 0.29) is 22.5 Å². The third-order valence-electron chi connectivity index (χ3n) is 2.85. The summed E-state index contributed by atoms with van der Waals surface area (Å²) in [6.45, 7) is 7.87. The van der Waals surface area contributed by atoms with Gasteiger partial charge in [-0.2, -0.15) is 11.8 Å². The number of hydrogen-bond acceptors (Lipinski definition) is 4. The van der Waals surface area contributed by atoms with Crippen LogP contribution >= 0.6 is 11.8 Å². The number of primary amides is 1. The molecule has 0 aromatic carbocycles. The molecule has 0 rings (SSSR count). The lowest BCUT2D eigenvalue weighted by Crippen LogP contribution is -2.37. The smallest absolute Gasteiger partial charge is 0.321 e. The van der Waals surface area contributed by atoms with Crippen LogP contribution in [-0.2, 0) is 9.59 Å². The molecule has 0 fully saturated rings. The molecule has 0 bridgehead atoms. The minimum atomic E-state index is -1.01. The zero-order valence-corrected chi connectivity index (χ0v) is 12.3. The van der Waals surface area contributed by atoms with Gasteiger partial charge >= 0.3 is 5.97 Å². The molecule has 0 aliphatic carbocycles. The summed E-state index contributed by atoms with van der Waals surface area (Å²) in [5, 5.41) is 8.72. The van der Waals surface area contributed by atoms with Crippen molar-refractivity contribution >= 4 is 23.6 Å². The summed E-state index contributed by atoms with van der Waals surface area (Å²) in [5.41, 5.74) is 10.8. The minimum Gasteiger partial charge on any atom is -0.480 e. The normalized spacial score (nSPS) is 15.4. The second-order valence-corrected chi connectivity index (χ2v) is 7.20. The van der Waals surface area contributed by atoms with Gasteiger partial charge in [-0.3, -0.25) is 9.59 Å². The van der Waals surface area contributed by atoms with Crippen molar-refractivity contribution in [1.82, 2.24) is 0 Å². The molecule has 0 aliphatic rings. The fourth-order valence-electron chi connectivity index (χ4n) is 1.64. The largest absolute Gasteiger partial charge is 0.480 e. The SMILES string of the molecule is CC(C)C(CC(C)(C)SCC(N)C(=O)O)C(N)=O. The lowest BCUT2D eigenvalue weighted by atomic mass is 9.87. The number of aliphatic carboxylic acids is 1. The maximum Gasteiger partial charge on any atom is 0.321 e. The lowest BCUT2D eigenvalue weighted by molar-refractivity contribution is -0.138. The molecule has 18 heavy (non-hydrogen) atoms. The summed E-state index contributed by atoms with van der Waals surface area (Å²) < 4.78 is -0.225. The third-order valence-corrected chi connectivity index (χ3v) is 4.33. The van der Waals surface area contributed by atoms with Crippen LogP contribution in [0.5, 0.6) is 0 Å². The maximum atomic E-state index is 11.4. The first-order chi connectivity index (χ1) is 8.07. The van der Waals surface area contributed by atoms with E-state index >= 15 is 0 Å². The number of hydrogen-bond donors (Lipinski definition) is 3. The van der Waals surface area contributed by atoms with Crippen LogP contribution in [0.2, 0.25) is 0 Å². The topological polar surface area (TPSA) is 106 Å². The Balaban J connectivity index is 4.45. The van der Waals surface area contributed by atoms with Crippen LogP contribution in [-0.4, -0.2) is 33.5 Å². The van der Waals surface area contributed by atoms with E-state index in [1.807, 2.05) is 27.7 Å². The zero-order chi connectivity index (χ0) is 14.5. The molecule has 0 aromatic rings. The lowest BCUT2D eigenvalue weighted by Gasteiger charge is -2.30. The molecule has 0 saturated heterocycles. The first kappa shape index (κ1) is 17.2. The van der Waals surface area contributed by atoms with Crippen LogP contribution in [0, 0.1) is 11.8 Å². The van der Waals surface area contributed by atoms with Gasteiger partial charge < -0.3 is 16.6 Å². The summed E-state index contributed by atoms with van der Waals surface area (Å²) in [6.07, 6.45) is 0.622. The van der Waals surface area contributed by atoms with E-state index in [1.54, 1.807) is 0 Å². The first-order valence-corrected chi connectivity index (χ1v) is 6.97. The molecule has 0 saturated carbocycles. The highest BCUT2D eigenvalue weighted by Gasteiger charge is 2.30. The van der Waals surface area contributed by atoms with Crippen LogP contribution in [0.15, 0.2) is 0 Å². The van der Waals surface area contributed by atoms with Crippen LogP contribution < -0.4 is 11.5 Å². The fourth-order valence-corrected chi connectivity index (χ4v) is 2.71. The van der Waals surface area contributed by atoms with E-state index < -0.39 is 12.0 Å². The molecule has 1 amide bonds. The van der Waals surface area contributed by atoms with E-state index in [4.69, 9.17) is 16.6 Å². The quantitative estimate of drug-likeness (QED) is 0.614. The minimum absolute atomic E-state index is 0.176. The number of rotatable bonds is 8. The molecule has 0 heterocycles. The summed E-state index contributed by atoms with van der Waals surface area (Å²) >= 11 is 1.46. The van der Waals surface area contributed by atoms with Crippen molar-refractivity contribution < 1.29 is 14.7 Å². The molecule has 2 atom stereocenters. The summed E-state index contributed by atoms with van der Waals surface area (Å²) in [4.78, 5) is 22.0. The average Bonchev–Trinajstić information content (AvgIpc) is 2.21. The van der Waals surface area contributed by atoms with Gasteiger partial charge in [-0.15, -0.1) is 0 Å². The van der Waals surface area contributed by atoms with Crippen LogP contribution in [0.1, 0.15) is 34.1 Å². The molecule has 106 valence electrons. The van der Waals surface area contributed by atoms with Gasteiger partial charge in [0.1, 0.15) is 6.04 Å². The third kappa shape index (κ3) is 6.26. The Morgan fingerprint density at radius 3 is 2.17 bits per heavy atom. The monoisotopic (exact) mass is 276 g/mol. The molecule has 0 spiro atoms. The average molecular weight is 276 g/mol. The Hall–Kier alpha value is -0.750. The van der Waals surface area contributed by atoms with Crippen molar-refractivity contribution in [2.24, 2.45) is 23.3 Å². The van der Waals surface area contributed by atoms with Gasteiger partial charge in [0.15, 0.2) is 0 Å². The standard InChI is InChI=1S/C12H24N2O3S/c1-7(2)8(10(14)15)5-12(3,4)18-6-9(13)11(16)17/h7-9H,5-6,13H2,1-4H3,(H2,14,15)(H,16,17). The number of thioether (sulfide) groups is 1. The van der Waals surface area contributed by atoms with Crippen LogP contribution in [0.3, 0.4) is 0 Å². The second kappa shape index (κ2) is 6.99. The van der Waals surface area contributed by atoms with Crippen LogP contribution in [0.25, 0.3) is 0 Å². The second-order valence-electron chi connectivity index (χ2n) is 5.47. The van der Waals surface area contributed by atoms with Crippen molar-refractivity contribution in [3.05, 3.63) is 0 Å². The molecule has 5 nitrogen and oxygen atoms in total. The van der Waals surface area contributed by atoms with Crippen molar-refractivity contribution in [2.75, 3.05) is 5.75 Å². The van der Waals surface area contributed by atoms with E-state index in [0.29, 0.717) is 12.2 Å². The van der Waals surface area contributed by atoms with Crippen molar-refractivity contribution in [3.63, 3.8) is 0 Å². The van der Waals surface area contributed by atoms with E-state index in [2.05, 4.69) is 0 Å². The number of carbonyl (C=O) groups excluding carboxylic acids is 1. The Bertz CT molecular complexity index is 306. The Morgan fingerprint density at radius 2 is 1.83 bits per heavy atom. The molecular weight excluding hydrogens is 252 g/mol. The summed E-state index contributed by atoms with van der Waals surface area (Å²) in [6, 6.07) is -0.875. The summed E-state index contributed by atoms with van der Waals surface area (Å²) in [5.74, 6) is -1.01. The molecule has 0 radical (unpaired) electrons. The predicted molar refractivity (Wildman–Crippen MR) is 74.3 cm³/mol. The Kier molecular flexibility index (Phi) is 6.70. The van der Waals surface area contributed by atoms with Gasteiger partial charge in [0, 0.05) is 16.4 Å². The highest BCUT2D eigenvalue weighted by atomic mass is 32.2. The zero-order valence-electron chi connectivity index (χ0n) is 11.5. The first-order valence-electron chi connectivity index (χ1n) is 5.98. The molecule has 0 aliphatic heterocycles. The van der Waals surface area contributed by atoms with Gasteiger partial charge in [0.25, 0.3) is 0 Å². The van der Waals surface area contributed by atoms with Gasteiger partial charge in [0.2, 0.25) is 5.91 Å². The number of carbonyl (C=O) groups is 2. The number of amides is 1. The van der Waals surface area contributed by atoms with Gasteiger partial charge in [-0.25, -0.2) is 0 Å². The highest BCUT2D eigenvalue weighted by molar-refractivity contribution is 8.00. The van der Waals surface area contributed by atoms with Crippen LogP contribution in [0.4, 0.5) is 0 Å². The number of nitrogens with two attached hydrogens (primary N) is 2. The van der Waals surface area contributed by atoms with Gasteiger partial charge in [0.05, 0.1) is 0 Å². The molecular formula is C12H24N2O3S. The number of carboxylic acids is 1. The fraction of sp³-hybridized carbons (Fsp3) is 0.833. The molecule has 0 aromatic heterocycles. The summed E-state index contributed by atoms with van der Waals surface area (Å²) in [7, 11) is 0. The van der Waals surface area contributed by atoms with Gasteiger partial charge in [-0.05, 0) is 12.3 Å². The van der Waals surface area contributed by atoms with E-state index in [0.717, 1.165) is 0 Å². The van der Waals surface area contributed by atoms with E-state index in [1.165, 1.54) is 11.8 Å². The van der Waals surface area contributed by atoms with Crippen molar-refractivity contribution in [2.45, 2.75) is 44.9 Å². The predicted octanol–water partition coefficient (Wildman–Crippen LogP) is 1.06. The highest BCUT2D eigenvalue weighted by Crippen LogP contribution is 2.34. The Labute approximate surface area is 113 Å². The van der Waals surface area contributed by atoms with Crippen molar-refractivity contribution in [1.29, 1.82) is 0 Å². The maximum absolute atomic E-state index is 11.4. The van der Waals surface area contributed by atoms with Crippen molar-refractivity contribution in [3.8, 4) is 0 Å².